The number of carbonyl (C=O) groups excluding carboxylic acids is 3. The largest absolute Gasteiger partial charge is 0.442 e. The fourth-order valence-electron chi connectivity index (χ4n) is 1.63. The van der Waals surface area contributed by atoms with Crippen molar-refractivity contribution in [3.63, 3.8) is 0 Å². The molecule has 0 saturated heterocycles. The number of amides is 3. The Balaban J connectivity index is 5.95. The number of rotatable bonds is 2. The van der Waals surface area contributed by atoms with Crippen molar-refractivity contribution in [1.29, 1.82) is 5.26 Å². The lowest BCUT2D eigenvalue weighted by Gasteiger charge is -2.35. The maximum absolute atomic E-state index is 12.6. The number of ether oxygens (including phenoxy) is 3. The minimum Gasteiger partial charge on any atom is -0.442 e. The fraction of sp³-hybridized carbons (Fsp3) is 0.778. The van der Waals surface area contributed by atoms with Gasteiger partial charge in [0.1, 0.15) is 16.8 Å². The number of hydrogen-bond acceptors (Lipinski definition) is 7. The Kier molecular flexibility index (Phi) is 8.10. The van der Waals surface area contributed by atoms with E-state index in [2.05, 4.69) is 0 Å². The Morgan fingerprint density at radius 3 is 1.37 bits per heavy atom. The first-order chi connectivity index (χ1) is 12.0. The summed E-state index contributed by atoms with van der Waals surface area (Å²) in [6.07, 6.45) is -3.34. The molecule has 0 N–H and O–H groups in total. The summed E-state index contributed by atoms with van der Waals surface area (Å²) in [5.74, 6) is 0. The highest BCUT2D eigenvalue weighted by atomic mass is 16.6. The molecule has 0 aromatic heterocycles. The van der Waals surface area contributed by atoms with Gasteiger partial charge >= 0.3 is 18.3 Å². The van der Waals surface area contributed by atoms with Crippen molar-refractivity contribution < 1.29 is 28.6 Å². The molecule has 0 aliphatic rings. The van der Waals surface area contributed by atoms with Gasteiger partial charge in [-0.1, -0.05) is 0 Å². The number of hydrogen-bond donors (Lipinski definition) is 0. The van der Waals surface area contributed by atoms with Crippen LogP contribution < -0.4 is 0 Å². The minimum atomic E-state index is -1.11. The van der Waals surface area contributed by atoms with Crippen molar-refractivity contribution in [3.05, 3.63) is 0 Å². The average molecular weight is 385 g/mol. The Bertz CT molecular complexity index is 562. The molecule has 3 amide bonds. The van der Waals surface area contributed by atoms with E-state index >= 15 is 0 Å². The van der Waals surface area contributed by atoms with Gasteiger partial charge in [0, 0.05) is 0 Å². The molecule has 0 aliphatic carbocycles. The molecule has 0 atom stereocenters. The van der Waals surface area contributed by atoms with E-state index in [0.717, 1.165) is 5.01 Å². The molecule has 0 aromatic carbocycles. The molecular formula is C18H31N3O6. The summed E-state index contributed by atoms with van der Waals surface area (Å²) in [5, 5.41) is 10.0. The van der Waals surface area contributed by atoms with E-state index in [1.807, 2.05) is 6.07 Å². The number of imide groups is 1. The van der Waals surface area contributed by atoms with Gasteiger partial charge in [-0.05, 0) is 62.3 Å². The topological polar surface area (TPSA) is 109 Å². The highest BCUT2D eigenvalue weighted by Crippen LogP contribution is 2.19. The molecule has 0 bridgehead atoms. The molecule has 0 heterocycles. The second-order valence-corrected chi connectivity index (χ2v) is 8.78. The molecule has 27 heavy (non-hydrogen) atoms. The molecule has 0 aliphatic heterocycles. The third kappa shape index (κ3) is 10.3. The van der Waals surface area contributed by atoms with Gasteiger partial charge in [-0.15, -0.1) is 5.01 Å². The summed E-state index contributed by atoms with van der Waals surface area (Å²) in [7, 11) is 0. The van der Waals surface area contributed by atoms with Crippen molar-refractivity contribution in [2.45, 2.75) is 85.5 Å². The molecule has 0 fully saturated rings. The molecule has 9 nitrogen and oxygen atoms in total. The second kappa shape index (κ2) is 8.93. The van der Waals surface area contributed by atoms with Crippen LogP contribution in [-0.2, 0) is 14.2 Å². The molecule has 0 saturated carbocycles. The number of nitrogens with zero attached hydrogens (tertiary/aromatic N) is 3. The summed E-state index contributed by atoms with van der Waals surface area (Å²) in [6, 6.07) is 1.86. The fourth-order valence-corrected chi connectivity index (χ4v) is 1.63. The first-order valence-corrected chi connectivity index (χ1v) is 8.60. The molecule has 0 radical (unpaired) electrons. The maximum Gasteiger partial charge on any atom is 0.439 e. The van der Waals surface area contributed by atoms with Crippen molar-refractivity contribution in [2.24, 2.45) is 0 Å². The van der Waals surface area contributed by atoms with Crippen LogP contribution >= 0.6 is 0 Å². The minimum absolute atomic E-state index is 0.138. The average Bonchev–Trinajstić information content (AvgIpc) is 2.36. The Morgan fingerprint density at radius 1 is 0.741 bits per heavy atom. The van der Waals surface area contributed by atoms with Crippen LogP contribution in [-0.4, -0.2) is 51.6 Å². The zero-order chi connectivity index (χ0) is 21.6. The zero-order valence-electron chi connectivity index (χ0n) is 17.7. The molecular weight excluding hydrogens is 354 g/mol. The lowest BCUT2D eigenvalue weighted by molar-refractivity contribution is -0.0686. The van der Waals surface area contributed by atoms with Crippen LogP contribution in [0.15, 0.2) is 0 Å². The summed E-state index contributed by atoms with van der Waals surface area (Å²) in [5.41, 5.74) is -2.73. The van der Waals surface area contributed by atoms with Crippen molar-refractivity contribution in [1.82, 2.24) is 10.0 Å². The molecule has 0 aromatic rings. The van der Waals surface area contributed by atoms with E-state index in [1.54, 1.807) is 62.3 Å². The van der Waals surface area contributed by atoms with Gasteiger partial charge in [0.15, 0.2) is 0 Å². The molecule has 0 unspecified atom stereocenters. The molecule has 154 valence electrons. The van der Waals surface area contributed by atoms with Gasteiger partial charge in [0.25, 0.3) is 0 Å². The van der Waals surface area contributed by atoms with Crippen LogP contribution in [0.1, 0.15) is 68.7 Å². The summed E-state index contributed by atoms with van der Waals surface area (Å²) in [6.45, 7) is 14.4. The van der Waals surface area contributed by atoms with Crippen LogP contribution in [0.2, 0.25) is 0 Å². The Labute approximate surface area is 161 Å². The quantitative estimate of drug-likeness (QED) is 0.517. The predicted molar refractivity (Wildman–Crippen MR) is 97.5 cm³/mol. The van der Waals surface area contributed by atoms with E-state index in [1.165, 1.54) is 0 Å². The smallest absolute Gasteiger partial charge is 0.439 e. The monoisotopic (exact) mass is 385 g/mol. The summed E-state index contributed by atoms with van der Waals surface area (Å²) in [4.78, 5) is 37.8. The lowest BCUT2D eigenvalue weighted by Crippen LogP contribution is -2.56. The van der Waals surface area contributed by atoms with E-state index in [-0.39, 0.29) is 13.0 Å². The SMILES string of the molecule is CC(C)(C)OC(=O)N(CCC#N)N(C(=O)OC(C)(C)C)C(=O)OC(C)(C)C. The van der Waals surface area contributed by atoms with Gasteiger partial charge in [0.05, 0.1) is 19.0 Å². The predicted octanol–water partition coefficient (Wildman–Crippen LogP) is 4.22. The highest BCUT2D eigenvalue weighted by molar-refractivity contribution is 5.90. The summed E-state index contributed by atoms with van der Waals surface area (Å²) >= 11 is 0. The van der Waals surface area contributed by atoms with E-state index < -0.39 is 35.1 Å². The van der Waals surface area contributed by atoms with Crippen molar-refractivity contribution >= 4 is 18.3 Å². The summed E-state index contributed by atoms with van der Waals surface area (Å²) < 4.78 is 15.7. The first-order valence-electron chi connectivity index (χ1n) is 8.60. The van der Waals surface area contributed by atoms with Crippen LogP contribution in [0, 0.1) is 11.3 Å². The lowest BCUT2D eigenvalue weighted by atomic mass is 10.2. The molecule has 0 rings (SSSR count). The van der Waals surface area contributed by atoms with Gasteiger partial charge < -0.3 is 14.2 Å². The van der Waals surface area contributed by atoms with Crippen molar-refractivity contribution in [3.8, 4) is 6.07 Å². The van der Waals surface area contributed by atoms with Crippen LogP contribution in [0.25, 0.3) is 0 Å². The normalized spacial score (nSPS) is 11.9. The van der Waals surface area contributed by atoms with Gasteiger partial charge in [0.2, 0.25) is 0 Å². The number of hydrazine groups is 1. The van der Waals surface area contributed by atoms with Gasteiger partial charge in [-0.25, -0.2) is 19.4 Å². The van der Waals surface area contributed by atoms with Gasteiger partial charge in [-0.2, -0.15) is 5.26 Å². The third-order valence-electron chi connectivity index (χ3n) is 2.41. The van der Waals surface area contributed by atoms with Crippen molar-refractivity contribution in [2.75, 3.05) is 6.54 Å². The number of carbonyl (C=O) groups is 3. The van der Waals surface area contributed by atoms with Crippen LogP contribution in [0.5, 0.6) is 0 Å². The van der Waals surface area contributed by atoms with Crippen LogP contribution in [0.3, 0.4) is 0 Å². The molecule has 0 spiro atoms. The second-order valence-electron chi connectivity index (χ2n) is 8.78. The van der Waals surface area contributed by atoms with E-state index in [9.17, 15) is 14.4 Å². The first kappa shape index (κ1) is 24.5. The molecule has 9 heteroatoms. The Hall–Kier alpha value is -2.50. The maximum atomic E-state index is 12.6. The number of nitriles is 1. The highest BCUT2D eigenvalue weighted by Gasteiger charge is 2.39. The van der Waals surface area contributed by atoms with Crippen LogP contribution in [0.4, 0.5) is 14.4 Å². The van der Waals surface area contributed by atoms with E-state index in [0.29, 0.717) is 5.01 Å². The Morgan fingerprint density at radius 2 is 1.07 bits per heavy atom. The zero-order valence-corrected chi connectivity index (χ0v) is 17.7. The van der Waals surface area contributed by atoms with E-state index in [4.69, 9.17) is 19.5 Å². The van der Waals surface area contributed by atoms with Gasteiger partial charge in [-0.3, -0.25) is 0 Å². The standard InChI is InChI=1S/C18H31N3O6/c1-16(2,3)25-13(22)20(12-10-11-19)21(14(23)26-17(4,5)6)15(24)27-18(7,8)9/h10,12H2,1-9H3. The third-order valence-corrected chi connectivity index (χ3v) is 2.41.